The topological polar surface area (TPSA) is 68.9 Å². The lowest BCUT2D eigenvalue weighted by Crippen LogP contribution is -2.31. The molecule has 0 bridgehead atoms. The van der Waals surface area contributed by atoms with Crippen molar-refractivity contribution in [3.8, 4) is 11.3 Å². The molecular weight excluding hydrogens is 489 g/mol. The van der Waals surface area contributed by atoms with Crippen LogP contribution in [0.3, 0.4) is 0 Å². The van der Waals surface area contributed by atoms with Crippen LogP contribution in [0.25, 0.3) is 22.2 Å². The highest BCUT2D eigenvalue weighted by atomic mass is 19.4. The number of rotatable bonds is 8. The summed E-state index contributed by atoms with van der Waals surface area (Å²) in [5.41, 5.74) is 3.79. The molecule has 4 aromatic rings. The van der Waals surface area contributed by atoms with Crippen molar-refractivity contribution in [3.05, 3.63) is 71.9 Å². The summed E-state index contributed by atoms with van der Waals surface area (Å²) < 4.78 is 38.6. The van der Waals surface area contributed by atoms with Crippen molar-refractivity contribution in [2.45, 2.75) is 44.4 Å². The molecule has 0 amide bonds. The Kier molecular flexibility index (Phi) is 7.56. The molecule has 0 unspecified atom stereocenters. The molecule has 1 saturated carbocycles. The lowest BCUT2D eigenvalue weighted by atomic mass is 9.86. The number of pyridine rings is 1. The minimum atomic E-state index is -4.34. The minimum absolute atomic E-state index is 0.398. The second kappa shape index (κ2) is 11.0. The Balaban J connectivity index is 1.12. The van der Waals surface area contributed by atoms with Gasteiger partial charge in [-0.1, -0.05) is 30.3 Å². The number of para-hydroxylation sites is 1. The fourth-order valence-electron chi connectivity index (χ4n) is 5.25. The van der Waals surface area contributed by atoms with E-state index in [0.717, 1.165) is 72.3 Å². The summed E-state index contributed by atoms with van der Waals surface area (Å²) in [6.07, 6.45) is 1.87. The molecule has 2 aromatic carbocycles. The number of benzene rings is 2. The van der Waals surface area contributed by atoms with Crippen LogP contribution in [0.4, 0.5) is 24.7 Å². The Labute approximate surface area is 220 Å². The molecule has 1 aliphatic rings. The molecule has 2 heterocycles. The summed E-state index contributed by atoms with van der Waals surface area (Å²) >= 11 is 0. The number of halogens is 3. The third kappa shape index (κ3) is 5.93. The second-order valence-electron chi connectivity index (χ2n) is 10.3. The van der Waals surface area contributed by atoms with E-state index < -0.39 is 11.7 Å². The molecule has 6 nitrogen and oxygen atoms in total. The van der Waals surface area contributed by atoms with Crippen LogP contribution >= 0.6 is 0 Å². The maximum Gasteiger partial charge on any atom is 0.416 e. The molecule has 200 valence electrons. The zero-order chi connectivity index (χ0) is 26.7. The maximum atomic E-state index is 12.9. The Bertz CT molecular complexity index is 1360. The Morgan fingerprint density at radius 1 is 1.00 bits per heavy atom. The highest BCUT2D eigenvalue weighted by Crippen LogP contribution is 2.32. The third-order valence-corrected chi connectivity index (χ3v) is 7.33. The van der Waals surface area contributed by atoms with Gasteiger partial charge >= 0.3 is 6.18 Å². The molecule has 0 aliphatic heterocycles. The van der Waals surface area contributed by atoms with E-state index >= 15 is 0 Å². The van der Waals surface area contributed by atoms with Crippen LogP contribution < -0.4 is 15.5 Å². The zero-order valence-corrected chi connectivity index (χ0v) is 21.6. The van der Waals surface area contributed by atoms with Crippen LogP contribution in [-0.2, 0) is 12.7 Å². The van der Waals surface area contributed by atoms with E-state index in [1.54, 1.807) is 6.20 Å². The lowest BCUT2D eigenvalue weighted by Gasteiger charge is -2.30. The summed E-state index contributed by atoms with van der Waals surface area (Å²) in [7, 11) is 4.11. The van der Waals surface area contributed by atoms with E-state index in [0.29, 0.717) is 29.8 Å². The number of H-pyrrole nitrogens is 1. The van der Waals surface area contributed by atoms with Crippen LogP contribution in [0, 0.1) is 5.92 Å². The van der Waals surface area contributed by atoms with E-state index in [2.05, 4.69) is 58.0 Å². The average molecular weight is 523 g/mol. The van der Waals surface area contributed by atoms with Crippen LogP contribution in [0.5, 0.6) is 0 Å². The van der Waals surface area contributed by atoms with Gasteiger partial charge in [-0.05, 0) is 56.3 Å². The van der Waals surface area contributed by atoms with Crippen molar-refractivity contribution in [1.82, 2.24) is 20.5 Å². The van der Waals surface area contributed by atoms with Gasteiger partial charge < -0.3 is 15.5 Å². The van der Waals surface area contributed by atoms with Crippen molar-refractivity contribution >= 4 is 22.4 Å². The van der Waals surface area contributed by atoms with E-state index in [9.17, 15) is 13.2 Å². The molecule has 0 atom stereocenters. The molecule has 2 aromatic heterocycles. The molecule has 0 saturated heterocycles. The van der Waals surface area contributed by atoms with Crippen molar-refractivity contribution in [2.24, 2.45) is 5.92 Å². The summed E-state index contributed by atoms with van der Waals surface area (Å²) in [6.45, 7) is 1.50. The first kappa shape index (κ1) is 26.0. The standard InChI is InChI=1S/C29H33F3N6/c1-38(2)26-15-27(36-25-6-4-3-5-24(25)26)35-23-13-7-19(8-14-23)16-33-17-21-18-34-37-28(21)20-9-11-22(12-10-20)29(30,31)32/h3-6,9-12,15,18-19,23,33H,7-8,13-14,16-17H2,1-2H3,(H,34,37)(H,35,36)/t19-,23+. The fourth-order valence-corrected chi connectivity index (χ4v) is 5.25. The van der Waals surface area contributed by atoms with E-state index in [4.69, 9.17) is 4.98 Å². The third-order valence-electron chi connectivity index (χ3n) is 7.33. The quantitative estimate of drug-likeness (QED) is 0.247. The number of nitrogens with zero attached hydrogens (tertiary/aromatic N) is 3. The summed E-state index contributed by atoms with van der Waals surface area (Å²) in [5.74, 6) is 1.50. The number of aromatic amines is 1. The summed E-state index contributed by atoms with van der Waals surface area (Å²) in [4.78, 5) is 6.97. The van der Waals surface area contributed by atoms with E-state index in [-0.39, 0.29) is 0 Å². The Morgan fingerprint density at radius 3 is 2.45 bits per heavy atom. The molecule has 3 N–H and O–H groups in total. The van der Waals surface area contributed by atoms with Gasteiger partial charge in [-0.25, -0.2) is 4.98 Å². The largest absolute Gasteiger partial charge is 0.416 e. The van der Waals surface area contributed by atoms with Gasteiger partial charge in [0, 0.05) is 61.1 Å². The summed E-state index contributed by atoms with van der Waals surface area (Å²) in [5, 5.41) is 15.5. The normalized spacial score (nSPS) is 18.0. The molecule has 9 heteroatoms. The molecule has 38 heavy (non-hydrogen) atoms. The van der Waals surface area contributed by atoms with E-state index in [1.807, 2.05) is 12.1 Å². The number of fused-ring (bicyclic) bond motifs is 1. The predicted octanol–water partition coefficient (Wildman–Crippen LogP) is 6.47. The Morgan fingerprint density at radius 2 is 1.74 bits per heavy atom. The molecule has 0 radical (unpaired) electrons. The van der Waals surface area contributed by atoms with Crippen molar-refractivity contribution in [2.75, 3.05) is 30.9 Å². The molecule has 0 spiro atoms. The van der Waals surface area contributed by atoms with Gasteiger partial charge in [0.1, 0.15) is 5.82 Å². The number of alkyl halides is 3. The number of nitrogens with one attached hydrogen (secondary N) is 3. The predicted molar refractivity (Wildman–Crippen MR) is 146 cm³/mol. The minimum Gasteiger partial charge on any atom is -0.377 e. The van der Waals surface area contributed by atoms with Gasteiger partial charge in [-0.2, -0.15) is 18.3 Å². The first-order valence-electron chi connectivity index (χ1n) is 13.0. The van der Waals surface area contributed by atoms with Crippen molar-refractivity contribution in [1.29, 1.82) is 0 Å². The van der Waals surface area contributed by atoms with Gasteiger partial charge in [0.15, 0.2) is 0 Å². The monoisotopic (exact) mass is 522 g/mol. The first-order chi connectivity index (χ1) is 18.3. The summed E-state index contributed by atoms with van der Waals surface area (Å²) in [6, 6.07) is 15.9. The van der Waals surface area contributed by atoms with Crippen LogP contribution in [0.2, 0.25) is 0 Å². The van der Waals surface area contributed by atoms with Gasteiger partial charge in [-0.15, -0.1) is 0 Å². The maximum absolute atomic E-state index is 12.9. The van der Waals surface area contributed by atoms with Gasteiger partial charge in [0.05, 0.1) is 16.8 Å². The highest BCUT2D eigenvalue weighted by molar-refractivity contribution is 5.93. The second-order valence-corrected chi connectivity index (χ2v) is 10.3. The van der Waals surface area contributed by atoms with Crippen molar-refractivity contribution in [3.63, 3.8) is 0 Å². The first-order valence-corrected chi connectivity index (χ1v) is 13.0. The highest BCUT2D eigenvalue weighted by Gasteiger charge is 2.30. The van der Waals surface area contributed by atoms with Gasteiger partial charge in [0.25, 0.3) is 0 Å². The number of hydrogen-bond donors (Lipinski definition) is 3. The molecule has 5 rings (SSSR count). The van der Waals surface area contributed by atoms with Crippen molar-refractivity contribution < 1.29 is 13.2 Å². The number of aromatic nitrogens is 3. The number of anilines is 2. The van der Waals surface area contributed by atoms with E-state index in [1.165, 1.54) is 12.1 Å². The van der Waals surface area contributed by atoms with Gasteiger partial charge in [0.2, 0.25) is 0 Å². The number of hydrogen-bond acceptors (Lipinski definition) is 5. The van der Waals surface area contributed by atoms with Gasteiger partial charge in [-0.3, -0.25) is 5.10 Å². The molecular formula is C29H33F3N6. The van der Waals surface area contributed by atoms with Crippen LogP contribution in [0.15, 0.2) is 60.8 Å². The fraction of sp³-hybridized carbons (Fsp3) is 0.379. The van der Waals surface area contributed by atoms with Crippen LogP contribution in [-0.4, -0.2) is 41.9 Å². The Hall–Kier alpha value is -3.59. The smallest absolute Gasteiger partial charge is 0.377 e. The average Bonchev–Trinajstić information content (AvgIpc) is 3.37. The lowest BCUT2D eigenvalue weighted by molar-refractivity contribution is -0.137. The zero-order valence-electron chi connectivity index (χ0n) is 21.6. The van der Waals surface area contributed by atoms with Crippen LogP contribution in [0.1, 0.15) is 36.8 Å². The SMILES string of the molecule is CN(C)c1cc(N[C@H]2CC[C@@H](CNCc3c[nH]nc3-c3ccc(C(F)(F)F)cc3)CC2)nc2ccccc12. The molecule has 1 fully saturated rings. The molecule has 1 aliphatic carbocycles.